The van der Waals surface area contributed by atoms with Crippen LogP contribution >= 0.6 is 11.3 Å². The Labute approximate surface area is 357 Å². The van der Waals surface area contributed by atoms with Crippen LogP contribution in [0.25, 0.3) is 97.4 Å². The molecule has 0 fully saturated rings. The van der Waals surface area contributed by atoms with E-state index in [1.165, 1.54) is 58.8 Å². The van der Waals surface area contributed by atoms with Gasteiger partial charge in [0, 0.05) is 47.8 Å². The molecular formula is C58H37NOS. The SMILES string of the molecule is c1ccc(-c2cccc3cccc(-c4ccccc4N(c4ccc(-c5cccc6c5sc5ccccc56)cc4)c4ccccc4-c4ccc5oc6ccccc6c5c4)c23)cc1. The van der Waals surface area contributed by atoms with Crippen molar-refractivity contribution >= 4 is 81.3 Å². The molecule has 2 nitrogen and oxygen atoms in total. The molecule has 12 aromatic rings. The molecule has 0 N–H and O–H groups in total. The second-order valence-corrected chi connectivity index (χ2v) is 16.6. The highest BCUT2D eigenvalue weighted by Gasteiger charge is 2.23. The van der Waals surface area contributed by atoms with Gasteiger partial charge in [0.2, 0.25) is 0 Å². The minimum atomic E-state index is 0.888. The summed E-state index contributed by atoms with van der Waals surface area (Å²) < 4.78 is 8.91. The minimum Gasteiger partial charge on any atom is -0.456 e. The molecule has 2 aromatic heterocycles. The molecule has 0 saturated carbocycles. The number of hydrogen-bond donors (Lipinski definition) is 0. The Hall–Kier alpha value is -7.72. The van der Waals surface area contributed by atoms with Crippen molar-refractivity contribution in [1.29, 1.82) is 0 Å². The van der Waals surface area contributed by atoms with Crippen molar-refractivity contribution in [3.63, 3.8) is 0 Å². The summed E-state index contributed by atoms with van der Waals surface area (Å²) in [7, 11) is 0. The van der Waals surface area contributed by atoms with Crippen LogP contribution in [0.15, 0.2) is 229 Å². The van der Waals surface area contributed by atoms with E-state index in [1.54, 1.807) is 0 Å². The van der Waals surface area contributed by atoms with E-state index in [4.69, 9.17) is 4.42 Å². The Bertz CT molecular complexity index is 3590. The highest BCUT2D eigenvalue weighted by Crippen LogP contribution is 2.48. The number of para-hydroxylation sites is 3. The lowest BCUT2D eigenvalue weighted by atomic mass is 9.90. The van der Waals surface area contributed by atoms with Gasteiger partial charge in [-0.3, -0.25) is 0 Å². The third-order valence-corrected chi connectivity index (χ3v) is 13.3. The fraction of sp³-hybridized carbons (Fsp3) is 0. The normalized spacial score (nSPS) is 11.6. The third-order valence-electron chi connectivity index (χ3n) is 12.1. The zero-order chi connectivity index (χ0) is 40.3. The van der Waals surface area contributed by atoms with Gasteiger partial charge in [0.05, 0.1) is 11.4 Å². The van der Waals surface area contributed by atoms with E-state index in [9.17, 15) is 0 Å². The number of benzene rings is 10. The molecule has 0 aliphatic heterocycles. The Morgan fingerprint density at radius 1 is 0.344 bits per heavy atom. The van der Waals surface area contributed by atoms with Crippen LogP contribution < -0.4 is 4.90 Å². The average molecular weight is 796 g/mol. The van der Waals surface area contributed by atoms with E-state index < -0.39 is 0 Å². The average Bonchev–Trinajstić information content (AvgIpc) is 3.91. The van der Waals surface area contributed by atoms with Gasteiger partial charge in [0.25, 0.3) is 0 Å². The van der Waals surface area contributed by atoms with Gasteiger partial charge in [-0.15, -0.1) is 11.3 Å². The van der Waals surface area contributed by atoms with Crippen LogP contribution in [-0.4, -0.2) is 0 Å². The smallest absolute Gasteiger partial charge is 0.135 e. The summed E-state index contributed by atoms with van der Waals surface area (Å²) in [6.07, 6.45) is 0. The number of hydrogen-bond acceptors (Lipinski definition) is 3. The molecule has 0 spiro atoms. The first-order chi connectivity index (χ1) is 30.3. The first-order valence-corrected chi connectivity index (χ1v) is 21.6. The largest absolute Gasteiger partial charge is 0.456 e. The molecule has 0 radical (unpaired) electrons. The number of rotatable bonds is 7. The lowest BCUT2D eigenvalue weighted by Gasteiger charge is -2.30. The molecule has 12 rings (SSSR count). The van der Waals surface area contributed by atoms with Crippen LogP contribution in [0, 0.1) is 0 Å². The molecule has 0 atom stereocenters. The van der Waals surface area contributed by atoms with Crippen LogP contribution in [0.1, 0.15) is 0 Å². The van der Waals surface area contributed by atoms with Crippen LogP contribution in [0.5, 0.6) is 0 Å². The molecule has 0 aliphatic carbocycles. The van der Waals surface area contributed by atoms with Crippen molar-refractivity contribution in [3.8, 4) is 44.5 Å². The van der Waals surface area contributed by atoms with Crippen LogP contribution in [0.2, 0.25) is 0 Å². The minimum absolute atomic E-state index is 0.888. The van der Waals surface area contributed by atoms with Gasteiger partial charge in [0.1, 0.15) is 11.2 Å². The number of nitrogens with zero attached hydrogens (tertiary/aromatic N) is 1. The predicted molar refractivity (Wildman–Crippen MR) is 261 cm³/mol. The van der Waals surface area contributed by atoms with E-state index in [2.05, 4.69) is 217 Å². The molecule has 0 saturated heterocycles. The van der Waals surface area contributed by atoms with Gasteiger partial charge in [-0.2, -0.15) is 0 Å². The molecule has 61 heavy (non-hydrogen) atoms. The van der Waals surface area contributed by atoms with E-state index in [1.807, 2.05) is 23.5 Å². The molecule has 3 heteroatoms. The maximum atomic E-state index is 6.28. The second kappa shape index (κ2) is 14.5. The van der Waals surface area contributed by atoms with Crippen LogP contribution in [-0.2, 0) is 0 Å². The maximum absolute atomic E-state index is 6.28. The highest BCUT2D eigenvalue weighted by molar-refractivity contribution is 7.26. The van der Waals surface area contributed by atoms with E-state index in [0.717, 1.165) is 55.7 Å². The predicted octanol–water partition coefficient (Wildman–Crippen LogP) is 17.2. The van der Waals surface area contributed by atoms with Crippen molar-refractivity contribution in [2.75, 3.05) is 4.90 Å². The summed E-state index contributed by atoms with van der Waals surface area (Å²) >= 11 is 1.87. The summed E-state index contributed by atoms with van der Waals surface area (Å²) in [5.74, 6) is 0. The van der Waals surface area contributed by atoms with Crippen molar-refractivity contribution in [1.82, 2.24) is 0 Å². The van der Waals surface area contributed by atoms with Gasteiger partial charge in [-0.25, -0.2) is 0 Å². The molecule has 0 aliphatic rings. The Balaban J connectivity index is 1.08. The standard InChI is InChI=1S/C58H37NOS/c1-2-15-38(16-3-1)44-23-12-17-40-18-13-25-49(57(40)44)46-20-5-9-28-53(46)59(42-34-31-39(32-35-42)45-24-14-26-50-48-22-7-11-30-56(48)61-58(45)50)52-27-8-4-19-43(52)41-33-36-55-51(37-41)47-21-6-10-29-54(47)60-55/h1-37H. The summed E-state index contributed by atoms with van der Waals surface area (Å²) in [5, 5.41) is 7.29. The fourth-order valence-corrected chi connectivity index (χ4v) is 10.5. The lowest BCUT2D eigenvalue weighted by molar-refractivity contribution is 0.669. The maximum Gasteiger partial charge on any atom is 0.135 e. The van der Waals surface area contributed by atoms with Crippen molar-refractivity contribution < 1.29 is 4.42 Å². The zero-order valence-corrected chi connectivity index (χ0v) is 33.9. The Morgan fingerprint density at radius 3 is 1.75 bits per heavy atom. The Morgan fingerprint density at radius 2 is 0.918 bits per heavy atom. The van der Waals surface area contributed by atoms with Crippen LogP contribution in [0.4, 0.5) is 17.1 Å². The van der Waals surface area contributed by atoms with Crippen molar-refractivity contribution in [2.45, 2.75) is 0 Å². The number of anilines is 3. The van der Waals surface area contributed by atoms with Gasteiger partial charge in [-0.1, -0.05) is 176 Å². The topological polar surface area (TPSA) is 16.4 Å². The van der Waals surface area contributed by atoms with E-state index in [0.29, 0.717) is 0 Å². The van der Waals surface area contributed by atoms with Gasteiger partial charge >= 0.3 is 0 Å². The monoisotopic (exact) mass is 795 g/mol. The molecule has 2 heterocycles. The molecular weight excluding hydrogens is 759 g/mol. The summed E-state index contributed by atoms with van der Waals surface area (Å²) in [6, 6.07) is 81.3. The van der Waals surface area contributed by atoms with Gasteiger partial charge in [-0.05, 0) is 92.7 Å². The summed E-state index contributed by atoms with van der Waals surface area (Å²) in [6.45, 7) is 0. The first-order valence-electron chi connectivity index (χ1n) is 20.7. The molecule has 10 aromatic carbocycles. The molecule has 286 valence electrons. The van der Waals surface area contributed by atoms with Gasteiger partial charge < -0.3 is 9.32 Å². The molecule has 0 amide bonds. The third kappa shape index (κ3) is 5.93. The molecule has 0 unspecified atom stereocenters. The quantitative estimate of drug-likeness (QED) is 0.160. The lowest BCUT2D eigenvalue weighted by Crippen LogP contribution is -2.12. The molecule has 0 bridgehead atoms. The fourth-order valence-electron chi connectivity index (χ4n) is 9.30. The second-order valence-electron chi connectivity index (χ2n) is 15.6. The van der Waals surface area contributed by atoms with Crippen LogP contribution in [0.3, 0.4) is 0 Å². The van der Waals surface area contributed by atoms with E-state index >= 15 is 0 Å². The number of fused-ring (bicyclic) bond motifs is 7. The zero-order valence-electron chi connectivity index (χ0n) is 33.1. The van der Waals surface area contributed by atoms with E-state index in [-0.39, 0.29) is 0 Å². The summed E-state index contributed by atoms with van der Waals surface area (Å²) in [4.78, 5) is 2.45. The van der Waals surface area contributed by atoms with Crippen molar-refractivity contribution in [2.24, 2.45) is 0 Å². The highest BCUT2D eigenvalue weighted by atomic mass is 32.1. The number of furan rings is 1. The van der Waals surface area contributed by atoms with Crippen molar-refractivity contribution in [3.05, 3.63) is 224 Å². The number of thiophene rings is 1. The Kier molecular flexibility index (Phi) is 8.39. The van der Waals surface area contributed by atoms with Gasteiger partial charge in [0.15, 0.2) is 0 Å². The first kappa shape index (κ1) is 35.2. The summed E-state index contributed by atoms with van der Waals surface area (Å²) in [5.41, 5.74) is 14.5.